The molecule has 7 heteroatoms. The molecule has 2 heterocycles. The summed E-state index contributed by atoms with van der Waals surface area (Å²) in [4.78, 5) is 15.2. The van der Waals surface area contributed by atoms with Gasteiger partial charge < -0.3 is 9.80 Å². The number of likely N-dealkylation sites (N-methyl/N-ethyl adjacent to an activating group) is 1. The Kier molecular flexibility index (Phi) is 4.03. The first kappa shape index (κ1) is 17.1. The Labute approximate surface area is 156 Å². The SMILES string of the molecule is CN1CC2(CCN(c3ccc(Cl)cc3[N+](=O)[O-])CC2)c2ccc(F)cc21. The Hall–Kier alpha value is -2.34. The maximum atomic E-state index is 13.6. The highest BCUT2D eigenvalue weighted by Crippen LogP contribution is 2.47. The van der Waals surface area contributed by atoms with E-state index in [1.54, 1.807) is 18.2 Å². The van der Waals surface area contributed by atoms with Gasteiger partial charge in [0.1, 0.15) is 11.5 Å². The average Bonchev–Trinajstić information content (AvgIpc) is 2.87. The lowest BCUT2D eigenvalue weighted by Crippen LogP contribution is -2.45. The lowest BCUT2D eigenvalue weighted by molar-refractivity contribution is -0.384. The number of nitro benzene ring substituents is 1. The van der Waals surface area contributed by atoms with Gasteiger partial charge in [0, 0.05) is 48.9 Å². The van der Waals surface area contributed by atoms with Crippen molar-refractivity contribution in [1.29, 1.82) is 0 Å². The van der Waals surface area contributed by atoms with E-state index in [0.29, 0.717) is 23.8 Å². The molecule has 1 spiro atoms. The number of halogens is 2. The Morgan fingerprint density at radius 2 is 1.88 bits per heavy atom. The van der Waals surface area contributed by atoms with Crippen molar-refractivity contribution in [2.75, 3.05) is 36.5 Å². The molecule has 5 nitrogen and oxygen atoms in total. The van der Waals surface area contributed by atoms with E-state index in [1.165, 1.54) is 17.7 Å². The van der Waals surface area contributed by atoms with Gasteiger partial charge in [-0.2, -0.15) is 0 Å². The van der Waals surface area contributed by atoms with Crippen LogP contribution in [0.2, 0.25) is 5.02 Å². The van der Waals surface area contributed by atoms with Crippen LogP contribution in [-0.4, -0.2) is 31.6 Å². The molecule has 0 saturated carbocycles. The van der Waals surface area contributed by atoms with Gasteiger partial charge in [-0.3, -0.25) is 10.1 Å². The lowest BCUT2D eigenvalue weighted by Gasteiger charge is -2.40. The van der Waals surface area contributed by atoms with E-state index in [0.717, 1.165) is 25.1 Å². The molecule has 2 aromatic rings. The smallest absolute Gasteiger partial charge is 0.294 e. The van der Waals surface area contributed by atoms with Crippen molar-refractivity contribution in [1.82, 2.24) is 0 Å². The van der Waals surface area contributed by atoms with Gasteiger partial charge in [-0.25, -0.2) is 4.39 Å². The highest BCUT2D eigenvalue weighted by molar-refractivity contribution is 6.30. The molecular weight excluding hydrogens is 357 g/mol. The summed E-state index contributed by atoms with van der Waals surface area (Å²) in [7, 11) is 1.99. The maximum Gasteiger partial charge on any atom is 0.294 e. The zero-order chi connectivity index (χ0) is 18.5. The fourth-order valence-electron chi connectivity index (χ4n) is 4.41. The number of hydrogen-bond donors (Lipinski definition) is 0. The van der Waals surface area contributed by atoms with Gasteiger partial charge in [-0.1, -0.05) is 17.7 Å². The van der Waals surface area contributed by atoms with Crippen molar-refractivity contribution in [2.24, 2.45) is 0 Å². The molecule has 1 saturated heterocycles. The van der Waals surface area contributed by atoms with Crippen LogP contribution in [0.1, 0.15) is 18.4 Å². The van der Waals surface area contributed by atoms with Crippen molar-refractivity contribution in [3.8, 4) is 0 Å². The summed E-state index contributed by atoms with van der Waals surface area (Å²) in [6.07, 6.45) is 1.74. The number of fused-ring (bicyclic) bond motifs is 2. The van der Waals surface area contributed by atoms with E-state index in [1.807, 2.05) is 13.1 Å². The van der Waals surface area contributed by atoms with Crippen molar-refractivity contribution in [3.63, 3.8) is 0 Å². The number of piperidine rings is 1. The molecule has 2 aliphatic heterocycles. The molecule has 2 aromatic carbocycles. The molecule has 0 N–H and O–H groups in total. The second kappa shape index (κ2) is 6.13. The van der Waals surface area contributed by atoms with E-state index < -0.39 is 0 Å². The Morgan fingerprint density at radius 3 is 2.58 bits per heavy atom. The zero-order valence-electron chi connectivity index (χ0n) is 14.4. The van der Waals surface area contributed by atoms with Gasteiger partial charge in [0.2, 0.25) is 0 Å². The molecule has 0 bridgehead atoms. The lowest BCUT2D eigenvalue weighted by atomic mass is 9.74. The summed E-state index contributed by atoms with van der Waals surface area (Å²) in [6.45, 7) is 2.28. The van der Waals surface area contributed by atoms with Crippen LogP contribution < -0.4 is 9.80 Å². The predicted octanol–water partition coefficient (Wildman–Crippen LogP) is 4.38. The van der Waals surface area contributed by atoms with E-state index >= 15 is 0 Å². The molecule has 4 rings (SSSR count). The van der Waals surface area contributed by atoms with Crippen molar-refractivity contribution < 1.29 is 9.31 Å². The van der Waals surface area contributed by atoms with Crippen LogP contribution >= 0.6 is 11.6 Å². The third-order valence-corrected chi connectivity index (χ3v) is 5.91. The minimum absolute atomic E-state index is 0.0184. The van der Waals surface area contributed by atoms with Crippen LogP contribution in [0.5, 0.6) is 0 Å². The van der Waals surface area contributed by atoms with E-state index in [9.17, 15) is 14.5 Å². The predicted molar refractivity (Wildman–Crippen MR) is 101 cm³/mol. The number of anilines is 2. The monoisotopic (exact) mass is 375 g/mol. The fraction of sp³-hybridized carbons (Fsp3) is 0.368. The molecule has 0 aromatic heterocycles. The number of benzene rings is 2. The van der Waals surface area contributed by atoms with Crippen LogP contribution in [-0.2, 0) is 5.41 Å². The minimum Gasteiger partial charge on any atom is -0.373 e. The highest BCUT2D eigenvalue weighted by Gasteiger charge is 2.44. The fourth-order valence-corrected chi connectivity index (χ4v) is 4.57. The molecular formula is C19H19ClFN3O2. The Morgan fingerprint density at radius 1 is 1.15 bits per heavy atom. The van der Waals surface area contributed by atoms with Crippen LogP contribution in [0.4, 0.5) is 21.5 Å². The normalized spacial score (nSPS) is 18.3. The van der Waals surface area contributed by atoms with E-state index in [4.69, 9.17) is 11.6 Å². The van der Waals surface area contributed by atoms with Crippen molar-refractivity contribution >= 4 is 28.7 Å². The quantitative estimate of drug-likeness (QED) is 0.577. The summed E-state index contributed by atoms with van der Waals surface area (Å²) < 4.78 is 13.6. The van der Waals surface area contributed by atoms with Gasteiger partial charge in [-0.05, 0) is 42.7 Å². The van der Waals surface area contributed by atoms with Gasteiger partial charge in [0.05, 0.1) is 4.92 Å². The molecule has 1 fully saturated rings. The van der Waals surface area contributed by atoms with Gasteiger partial charge >= 0.3 is 0 Å². The molecule has 0 amide bonds. The van der Waals surface area contributed by atoms with Crippen LogP contribution in [0.3, 0.4) is 0 Å². The summed E-state index contributed by atoms with van der Waals surface area (Å²) in [5.74, 6) is -0.220. The molecule has 136 valence electrons. The topological polar surface area (TPSA) is 49.6 Å². The highest BCUT2D eigenvalue weighted by atomic mass is 35.5. The number of nitrogens with zero attached hydrogens (tertiary/aromatic N) is 3. The first-order chi connectivity index (χ1) is 12.4. The standard InChI is InChI=1S/C19H19ClFN3O2/c1-22-12-19(15-4-3-14(21)11-17(15)22)6-8-23(9-7-19)16-5-2-13(20)10-18(16)24(25)26/h2-5,10-11H,6-9,12H2,1H3. The summed E-state index contributed by atoms with van der Waals surface area (Å²) in [5, 5.41) is 11.7. The first-order valence-corrected chi connectivity index (χ1v) is 8.97. The minimum atomic E-state index is -0.382. The zero-order valence-corrected chi connectivity index (χ0v) is 15.2. The average molecular weight is 376 g/mol. The van der Waals surface area contributed by atoms with Crippen LogP contribution in [0.25, 0.3) is 0 Å². The van der Waals surface area contributed by atoms with E-state index in [2.05, 4.69) is 9.80 Å². The Bertz CT molecular complexity index is 881. The van der Waals surface area contributed by atoms with Gasteiger partial charge in [-0.15, -0.1) is 0 Å². The Balaban J connectivity index is 1.61. The summed E-state index contributed by atoms with van der Waals surface area (Å²) in [5.41, 5.74) is 2.78. The largest absolute Gasteiger partial charge is 0.373 e. The molecule has 0 unspecified atom stereocenters. The molecule has 0 radical (unpaired) electrons. The number of hydrogen-bond acceptors (Lipinski definition) is 4. The third kappa shape index (κ3) is 2.69. The second-order valence-electron chi connectivity index (χ2n) is 7.18. The van der Waals surface area contributed by atoms with E-state index in [-0.39, 0.29) is 21.8 Å². The number of nitro groups is 1. The van der Waals surface area contributed by atoms with Crippen LogP contribution in [0.15, 0.2) is 36.4 Å². The van der Waals surface area contributed by atoms with Gasteiger partial charge in [0.25, 0.3) is 5.69 Å². The summed E-state index contributed by atoms with van der Waals surface area (Å²) >= 11 is 5.92. The summed E-state index contributed by atoms with van der Waals surface area (Å²) in [6, 6.07) is 9.84. The van der Waals surface area contributed by atoms with Crippen LogP contribution in [0, 0.1) is 15.9 Å². The second-order valence-corrected chi connectivity index (χ2v) is 7.61. The number of rotatable bonds is 2. The molecule has 0 aliphatic carbocycles. The third-order valence-electron chi connectivity index (χ3n) is 5.68. The molecule has 26 heavy (non-hydrogen) atoms. The van der Waals surface area contributed by atoms with Gasteiger partial charge in [0.15, 0.2) is 0 Å². The maximum absolute atomic E-state index is 13.6. The molecule has 0 atom stereocenters. The van der Waals surface area contributed by atoms with Crippen molar-refractivity contribution in [3.05, 3.63) is 62.9 Å². The first-order valence-electron chi connectivity index (χ1n) is 8.60. The van der Waals surface area contributed by atoms with Crippen molar-refractivity contribution in [2.45, 2.75) is 18.3 Å². The molecule has 2 aliphatic rings.